The third-order valence-electron chi connectivity index (χ3n) is 2.88. The Bertz CT molecular complexity index is 353. The zero-order chi connectivity index (χ0) is 10.2. The number of aliphatic hydroxyl groups is 1. The van der Waals surface area contributed by atoms with Gasteiger partial charge in [-0.1, -0.05) is 12.1 Å². The molecule has 0 aliphatic heterocycles. The first-order valence-electron chi connectivity index (χ1n) is 4.82. The molecule has 0 bridgehead atoms. The molecule has 1 aromatic rings. The molecule has 0 heterocycles. The molecule has 0 spiro atoms. The molecule has 1 aliphatic rings. The normalized spacial score (nSPS) is 25.1. The summed E-state index contributed by atoms with van der Waals surface area (Å²) in [5, 5.41) is 13.2. The Balaban J connectivity index is 2.44. The SMILES string of the molecule is CNCC1(O)CCc2c(F)cccc21. The van der Waals surface area contributed by atoms with Crippen molar-refractivity contribution >= 4 is 0 Å². The summed E-state index contributed by atoms with van der Waals surface area (Å²) >= 11 is 0. The molecule has 3 heteroatoms. The van der Waals surface area contributed by atoms with E-state index >= 15 is 0 Å². The Hall–Kier alpha value is -0.930. The summed E-state index contributed by atoms with van der Waals surface area (Å²) in [6.07, 6.45) is 1.23. The van der Waals surface area contributed by atoms with E-state index in [0.717, 1.165) is 5.56 Å². The van der Waals surface area contributed by atoms with Crippen molar-refractivity contribution in [2.75, 3.05) is 13.6 Å². The zero-order valence-electron chi connectivity index (χ0n) is 8.18. The molecule has 2 N–H and O–H groups in total. The number of benzene rings is 1. The van der Waals surface area contributed by atoms with Crippen molar-refractivity contribution in [1.29, 1.82) is 0 Å². The molecule has 0 amide bonds. The van der Waals surface area contributed by atoms with Crippen molar-refractivity contribution in [2.45, 2.75) is 18.4 Å². The molecule has 0 saturated heterocycles. The van der Waals surface area contributed by atoms with Crippen LogP contribution in [0.2, 0.25) is 0 Å². The molecule has 0 saturated carbocycles. The molecule has 0 fully saturated rings. The second-order valence-electron chi connectivity index (χ2n) is 3.83. The first-order valence-corrected chi connectivity index (χ1v) is 4.82. The largest absolute Gasteiger partial charge is 0.384 e. The average molecular weight is 195 g/mol. The van der Waals surface area contributed by atoms with E-state index in [2.05, 4.69) is 5.32 Å². The van der Waals surface area contributed by atoms with Crippen LogP contribution in [0.5, 0.6) is 0 Å². The van der Waals surface area contributed by atoms with E-state index in [1.54, 1.807) is 13.1 Å². The van der Waals surface area contributed by atoms with Gasteiger partial charge in [0.25, 0.3) is 0 Å². The fourth-order valence-corrected chi connectivity index (χ4v) is 2.19. The number of hydrogen-bond donors (Lipinski definition) is 2. The van der Waals surface area contributed by atoms with E-state index in [9.17, 15) is 9.50 Å². The van der Waals surface area contributed by atoms with E-state index in [0.29, 0.717) is 24.9 Å². The molecule has 0 radical (unpaired) electrons. The van der Waals surface area contributed by atoms with Gasteiger partial charge in [0.15, 0.2) is 0 Å². The van der Waals surface area contributed by atoms with Gasteiger partial charge in [-0.15, -0.1) is 0 Å². The fraction of sp³-hybridized carbons (Fsp3) is 0.455. The minimum Gasteiger partial charge on any atom is -0.384 e. The molecular formula is C11H14FNO. The van der Waals surface area contributed by atoms with E-state index in [1.807, 2.05) is 6.07 Å². The maximum Gasteiger partial charge on any atom is 0.126 e. The zero-order valence-corrected chi connectivity index (χ0v) is 8.18. The lowest BCUT2D eigenvalue weighted by molar-refractivity contribution is 0.0407. The maximum atomic E-state index is 13.3. The first-order chi connectivity index (χ1) is 6.67. The Morgan fingerprint density at radius 2 is 2.36 bits per heavy atom. The highest BCUT2D eigenvalue weighted by Crippen LogP contribution is 2.37. The van der Waals surface area contributed by atoms with Gasteiger partial charge >= 0.3 is 0 Å². The van der Waals surface area contributed by atoms with Gasteiger partial charge in [-0.05, 0) is 37.1 Å². The van der Waals surface area contributed by atoms with Crippen LogP contribution in [0.1, 0.15) is 17.5 Å². The van der Waals surface area contributed by atoms with Crippen molar-refractivity contribution in [3.05, 3.63) is 35.1 Å². The molecule has 1 unspecified atom stereocenters. The number of fused-ring (bicyclic) bond motifs is 1. The third kappa shape index (κ3) is 1.33. The quantitative estimate of drug-likeness (QED) is 0.742. The minimum absolute atomic E-state index is 0.200. The molecule has 1 aromatic carbocycles. The van der Waals surface area contributed by atoms with Crippen molar-refractivity contribution < 1.29 is 9.50 Å². The fourth-order valence-electron chi connectivity index (χ4n) is 2.19. The topological polar surface area (TPSA) is 32.3 Å². The summed E-state index contributed by atoms with van der Waals surface area (Å²) in [5.74, 6) is -0.200. The molecular weight excluding hydrogens is 181 g/mol. The number of likely N-dealkylation sites (N-methyl/N-ethyl adjacent to an activating group) is 1. The lowest BCUT2D eigenvalue weighted by Gasteiger charge is -2.23. The molecule has 76 valence electrons. The van der Waals surface area contributed by atoms with Gasteiger partial charge in [0.05, 0.1) is 0 Å². The molecule has 1 atom stereocenters. The van der Waals surface area contributed by atoms with Crippen molar-refractivity contribution in [1.82, 2.24) is 5.32 Å². The van der Waals surface area contributed by atoms with Crippen LogP contribution in [-0.4, -0.2) is 18.7 Å². The van der Waals surface area contributed by atoms with Crippen LogP contribution in [0.4, 0.5) is 4.39 Å². The number of halogens is 1. The second kappa shape index (κ2) is 3.33. The van der Waals surface area contributed by atoms with Crippen LogP contribution in [0.3, 0.4) is 0 Å². The van der Waals surface area contributed by atoms with Crippen molar-refractivity contribution in [2.24, 2.45) is 0 Å². The minimum atomic E-state index is -0.883. The lowest BCUT2D eigenvalue weighted by Crippen LogP contribution is -2.34. The Labute approximate surface area is 82.8 Å². The highest BCUT2D eigenvalue weighted by molar-refractivity contribution is 5.38. The van der Waals surface area contributed by atoms with E-state index in [1.165, 1.54) is 6.07 Å². The van der Waals surface area contributed by atoms with Gasteiger partial charge in [-0.3, -0.25) is 0 Å². The van der Waals surface area contributed by atoms with Crippen LogP contribution >= 0.6 is 0 Å². The van der Waals surface area contributed by atoms with Crippen LogP contribution in [0.25, 0.3) is 0 Å². The number of rotatable bonds is 2. The third-order valence-corrected chi connectivity index (χ3v) is 2.88. The standard InChI is InChI=1S/C11H14FNO/c1-13-7-11(14)6-5-8-9(11)3-2-4-10(8)12/h2-4,13-14H,5-7H2,1H3. The van der Waals surface area contributed by atoms with E-state index < -0.39 is 5.60 Å². The Kier molecular flexibility index (Phi) is 2.29. The van der Waals surface area contributed by atoms with Crippen molar-refractivity contribution in [3.63, 3.8) is 0 Å². The monoisotopic (exact) mass is 195 g/mol. The van der Waals surface area contributed by atoms with Gasteiger partial charge in [0.1, 0.15) is 11.4 Å². The highest BCUT2D eigenvalue weighted by Gasteiger charge is 2.37. The Morgan fingerprint density at radius 3 is 3.07 bits per heavy atom. The molecule has 1 aliphatic carbocycles. The maximum absolute atomic E-state index is 13.3. The average Bonchev–Trinajstić information content (AvgIpc) is 2.47. The van der Waals surface area contributed by atoms with Crippen LogP contribution in [0, 0.1) is 5.82 Å². The summed E-state index contributed by atoms with van der Waals surface area (Å²) in [5.41, 5.74) is 0.531. The highest BCUT2D eigenvalue weighted by atomic mass is 19.1. The van der Waals surface area contributed by atoms with Crippen LogP contribution in [-0.2, 0) is 12.0 Å². The number of hydrogen-bond acceptors (Lipinski definition) is 2. The molecule has 0 aromatic heterocycles. The summed E-state index contributed by atoms with van der Waals surface area (Å²) in [6, 6.07) is 4.91. The Morgan fingerprint density at radius 1 is 1.57 bits per heavy atom. The van der Waals surface area contributed by atoms with Gasteiger partial charge < -0.3 is 10.4 Å². The van der Waals surface area contributed by atoms with Gasteiger partial charge in [0.2, 0.25) is 0 Å². The predicted octanol–water partition coefficient (Wildman–Crippen LogP) is 1.18. The van der Waals surface area contributed by atoms with E-state index in [4.69, 9.17) is 0 Å². The molecule has 14 heavy (non-hydrogen) atoms. The molecule has 2 nitrogen and oxygen atoms in total. The summed E-state index contributed by atoms with van der Waals surface area (Å²) in [7, 11) is 1.79. The lowest BCUT2D eigenvalue weighted by atomic mass is 9.96. The van der Waals surface area contributed by atoms with Crippen LogP contribution in [0.15, 0.2) is 18.2 Å². The van der Waals surface area contributed by atoms with Crippen LogP contribution < -0.4 is 5.32 Å². The van der Waals surface area contributed by atoms with E-state index in [-0.39, 0.29) is 5.82 Å². The summed E-state index contributed by atoms with van der Waals surface area (Å²) in [4.78, 5) is 0. The second-order valence-corrected chi connectivity index (χ2v) is 3.83. The first kappa shape index (κ1) is 9.62. The summed E-state index contributed by atoms with van der Waals surface area (Å²) in [6.45, 7) is 0.476. The smallest absolute Gasteiger partial charge is 0.126 e. The molecule has 2 rings (SSSR count). The predicted molar refractivity (Wildman–Crippen MR) is 52.5 cm³/mol. The van der Waals surface area contributed by atoms with Gasteiger partial charge in [-0.2, -0.15) is 0 Å². The summed E-state index contributed by atoms with van der Waals surface area (Å²) < 4.78 is 13.3. The van der Waals surface area contributed by atoms with Gasteiger partial charge in [-0.25, -0.2) is 4.39 Å². The van der Waals surface area contributed by atoms with Crippen molar-refractivity contribution in [3.8, 4) is 0 Å². The van der Waals surface area contributed by atoms with Gasteiger partial charge in [0, 0.05) is 6.54 Å². The number of nitrogens with one attached hydrogen (secondary N) is 1.